The van der Waals surface area contributed by atoms with Gasteiger partial charge in [0.2, 0.25) is 10.0 Å². The van der Waals surface area contributed by atoms with E-state index >= 15 is 0 Å². The van der Waals surface area contributed by atoms with Crippen LogP contribution in [-0.4, -0.2) is 50.3 Å². The Balaban J connectivity index is 0.00000264. The molecule has 1 aromatic rings. The van der Waals surface area contributed by atoms with Gasteiger partial charge in [0.25, 0.3) is 0 Å². The number of rotatable bonds is 4. The maximum Gasteiger partial charge on any atom is 0.243 e. The van der Waals surface area contributed by atoms with E-state index in [0.29, 0.717) is 23.9 Å². The van der Waals surface area contributed by atoms with Crippen LogP contribution in [0.5, 0.6) is 0 Å². The standard InChI is InChI=1S/C17H28N2O2S.ClH/c1-13(2)12-18-6-8-19(9-7-18)22(20,21)17-11-15(4)14(3)10-16(17)5;/h10-11,13H,6-9,12H2,1-5H3;1H. The van der Waals surface area contributed by atoms with Crippen LogP contribution in [0.1, 0.15) is 30.5 Å². The fourth-order valence-electron chi connectivity index (χ4n) is 3.02. The molecule has 23 heavy (non-hydrogen) atoms. The normalized spacial score (nSPS) is 17.3. The lowest BCUT2D eigenvalue weighted by atomic mass is 10.1. The van der Waals surface area contributed by atoms with Crippen LogP contribution in [-0.2, 0) is 10.0 Å². The van der Waals surface area contributed by atoms with Crippen molar-refractivity contribution in [1.82, 2.24) is 9.21 Å². The molecule has 4 nitrogen and oxygen atoms in total. The van der Waals surface area contributed by atoms with Crippen molar-refractivity contribution in [1.29, 1.82) is 0 Å². The number of benzene rings is 1. The fourth-order valence-corrected chi connectivity index (χ4v) is 4.73. The van der Waals surface area contributed by atoms with Crippen molar-refractivity contribution < 1.29 is 8.42 Å². The van der Waals surface area contributed by atoms with E-state index in [1.54, 1.807) is 4.31 Å². The van der Waals surface area contributed by atoms with E-state index < -0.39 is 10.0 Å². The van der Waals surface area contributed by atoms with Gasteiger partial charge in [-0.05, 0) is 49.4 Å². The zero-order chi connectivity index (χ0) is 16.5. The Kier molecular flexibility index (Phi) is 7.08. The SMILES string of the molecule is Cc1cc(C)c(S(=O)(=O)N2CCN(CC(C)C)CC2)cc1C.Cl. The Bertz CT molecular complexity index is 636. The van der Waals surface area contributed by atoms with Gasteiger partial charge in [0.05, 0.1) is 4.90 Å². The molecule has 132 valence electrons. The summed E-state index contributed by atoms with van der Waals surface area (Å²) in [4.78, 5) is 2.82. The minimum absolute atomic E-state index is 0. The molecule has 0 spiro atoms. The van der Waals surface area contributed by atoms with Gasteiger partial charge in [-0.25, -0.2) is 8.42 Å². The first kappa shape index (κ1) is 20.4. The molecule has 1 aliphatic rings. The van der Waals surface area contributed by atoms with Gasteiger partial charge in [0.1, 0.15) is 0 Å². The lowest BCUT2D eigenvalue weighted by Gasteiger charge is -2.35. The highest BCUT2D eigenvalue weighted by atomic mass is 35.5. The van der Waals surface area contributed by atoms with Gasteiger partial charge in [-0.15, -0.1) is 12.4 Å². The lowest BCUT2D eigenvalue weighted by molar-refractivity contribution is 0.172. The second kappa shape index (κ2) is 7.97. The van der Waals surface area contributed by atoms with Crippen LogP contribution in [0.15, 0.2) is 17.0 Å². The van der Waals surface area contributed by atoms with Crippen molar-refractivity contribution in [3.8, 4) is 0 Å². The average Bonchev–Trinajstić information content (AvgIpc) is 2.42. The van der Waals surface area contributed by atoms with Gasteiger partial charge >= 0.3 is 0 Å². The minimum Gasteiger partial charge on any atom is -0.300 e. The van der Waals surface area contributed by atoms with Gasteiger partial charge < -0.3 is 4.90 Å². The van der Waals surface area contributed by atoms with Crippen molar-refractivity contribution in [3.63, 3.8) is 0 Å². The van der Waals surface area contributed by atoms with Crippen molar-refractivity contribution in [2.75, 3.05) is 32.7 Å². The minimum atomic E-state index is -3.38. The molecule has 1 aliphatic heterocycles. The largest absolute Gasteiger partial charge is 0.300 e. The molecule has 0 bridgehead atoms. The van der Waals surface area contributed by atoms with Crippen LogP contribution in [0.4, 0.5) is 0 Å². The molecular formula is C17H29ClN2O2S. The van der Waals surface area contributed by atoms with E-state index in [1.807, 2.05) is 32.9 Å². The first-order chi connectivity index (χ1) is 10.2. The van der Waals surface area contributed by atoms with E-state index in [1.165, 1.54) is 0 Å². The molecule has 0 radical (unpaired) electrons. The zero-order valence-electron chi connectivity index (χ0n) is 14.8. The Morgan fingerprint density at radius 3 is 2.00 bits per heavy atom. The maximum absolute atomic E-state index is 12.9. The predicted molar refractivity (Wildman–Crippen MR) is 97.9 cm³/mol. The summed E-state index contributed by atoms with van der Waals surface area (Å²) < 4.78 is 27.5. The third-order valence-electron chi connectivity index (χ3n) is 4.36. The van der Waals surface area contributed by atoms with Gasteiger partial charge in [-0.1, -0.05) is 19.9 Å². The number of halogens is 1. The average molecular weight is 361 g/mol. The molecule has 1 aromatic carbocycles. The number of sulfonamides is 1. The number of piperazine rings is 1. The van der Waals surface area contributed by atoms with Crippen molar-refractivity contribution in [2.45, 2.75) is 39.5 Å². The molecule has 0 N–H and O–H groups in total. The molecule has 0 aliphatic carbocycles. The van der Waals surface area contributed by atoms with Crippen molar-refractivity contribution >= 4 is 22.4 Å². The fraction of sp³-hybridized carbons (Fsp3) is 0.647. The number of nitrogens with zero attached hydrogens (tertiary/aromatic N) is 2. The molecule has 0 atom stereocenters. The monoisotopic (exact) mass is 360 g/mol. The number of hydrogen-bond acceptors (Lipinski definition) is 3. The smallest absolute Gasteiger partial charge is 0.243 e. The third-order valence-corrected chi connectivity index (χ3v) is 6.40. The molecule has 1 fully saturated rings. The van der Waals surface area contributed by atoms with E-state index in [2.05, 4.69) is 18.7 Å². The number of hydrogen-bond donors (Lipinski definition) is 0. The summed E-state index contributed by atoms with van der Waals surface area (Å²) in [5.74, 6) is 0.616. The first-order valence-electron chi connectivity index (χ1n) is 8.02. The van der Waals surface area contributed by atoms with Crippen LogP contribution in [0.25, 0.3) is 0 Å². The van der Waals surface area contributed by atoms with Crippen LogP contribution in [0.3, 0.4) is 0 Å². The molecule has 1 heterocycles. The lowest BCUT2D eigenvalue weighted by Crippen LogP contribution is -2.49. The Morgan fingerprint density at radius 2 is 1.48 bits per heavy atom. The highest BCUT2D eigenvalue weighted by Crippen LogP contribution is 2.24. The third kappa shape index (κ3) is 4.69. The maximum atomic E-state index is 12.9. The highest BCUT2D eigenvalue weighted by Gasteiger charge is 2.29. The Morgan fingerprint density at radius 1 is 0.957 bits per heavy atom. The molecule has 1 saturated heterocycles. The summed E-state index contributed by atoms with van der Waals surface area (Å²) in [6.07, 6.45) is 0. The summed E-state index contributed by atoms with van der Waals surface area (Å²) in [5, 5.41) is 0. The molecule has 0 unspecified atom stereocenters. The van der Waals surface area contributed by atoms with Crippen LogP contribution < -0.4 is 0 Å². The summed E-state index contributed by atoms with van der Waals surface area (Å²) in [7, 11) is -3.38. The van der Waals surface area contributed by atoms with Crippen LogP contribution >= 0.6 is 12.4 Å². The first-order valence-corrected chi connectivity index (χ1v) is 9.46. The van der Waals surface area contributed by atoms with Gasteiger partial charge in [-0.2, -0.15) is 4.31 Å². The Hall–Kier alpha value is -0.620. The van der Waals surface area contributed by atoms with E-state index in [-0.39, 0.29) is 12.4 Å². The second-order valence-corrected chi connectivity index (χ2v) is 8.71. The Labute approximate surface area is 147 Å². The van der Waals surface area contributed by atoms with E-state index in [9.17, 15) is 8.42 Å². The molecule has 0 aromatic heterocycles. The molecule has 6 heteroatoms. The summed E-state index contributed by atoms with van der Waals surface area (Å²) in [5.41, 5.74) is 3.01. The van der Waals surface area contributed by atoms with Crippen LogP contribution in [0, 0.1) is 26.7 Å². The van der Waals surface area contributed by atoms with E-state index in [4.69, 9.17) is 0 Å². The van der Waals surface area contributed by atoms with Crippen LogP contribution in [0.2, 0.25) is 0 Å². The topological polar surface area (TPSA) is 40.6 Å². The molecule has 0 saturated carbocycles. The van der Waals surface area contributed by atoms with Crippen molar-refractivity contribution in [2.24, 2.45) is 5.92 Å². The second-order valence-electron chi connectivity index (χ2n) is 6.80. The quantitative estimate of drug-likeness (QED) is 0.828. The van der Waals surface area contributed by atoms with Gasteiger partial charge in [-0.3, -0.25) is 0 Å². The number of aryl methyl sites for hydroxylation is 3. The molecular weight excluding hydrogens is 332 g/mol. The summed E-state index contributed by atoms with van der Waals surface area (Å²) >= 11 is 0. The van der Waals surface area contributed by atoms with Crippen molar-refractivity contribution in [3.05, 3.63) is 28.8 Å². The van der Waals surface area contributed by atoms with Gasteiger partial charge in [0, 0.05) is 32.7 Å². The zero-order valence-corrected chi connectivity index (χ0v) is 16.4. The van der Waals surface area contributed by atoms with Gasteiger partial charge in [0.15, 0.2) is 0 Å². The highest BCUT2D eigenvalue weighted by molar-refractivity contribution is 7.89. The molecule has 0 amide bonds. The summed E-state index contributed by atoms with van der Waals surface area (Å²) in [6, 6.07) is 3.79. The predicted octanol–water partition coefficient (Wildman–Crippen LogP) is 3.00. The summed E-state index contributed by atoms with van der Waals surface area (Å²) in [6.45, 7) is 14.1. The van der Waals surface area contributed by atoms with E-state index in [0.717, 1.165) is 36.3 Å². The molecule has 2 rings (SSSR count).